The second-order valence-electron chi connectivity index (χ2n) is 11.5. The number of azide groups is 1. The predicted molar refractivity (Wildman–Crippen MR) is 180 cm³/mol. The lowest BCUT2D eigenvalue weighted by Crippen LogP contribution is -2.53. The van der Waals surface area contributed by atoms with Gasteiger partial charge in [-0.3, -0.25) is 4.79 Å². The molecule has 46 heavy (non-hydrogen) atoms. The molecule has 6 rings (SSSR count). The van der Waals surface area contributed by atoms with E-state index in [0.29, 0.717) is 30.2 Å². The van der Waals surface area contributed by atoms with Crippen molar-refractivity contribution in [2.75, 3.05) is 13.2 Å². The minimum absolute atomic E-state index is 0.0563. The van der Waals surface area contributed by atoms with E-state index in [9.17, 15) is 4.79 Å². The molecule has 0 saturated heterocycles. The van der Waals surface area contributed by atoms with Crippen molar-refractivity contribution in [2.24, 2.45) is 10.1 Å². The number of nitrogens with one attached hydrogen (secondary N) is 1. The van der Waals surface area contributed by atoms with E-state index < -0.39 is 11.6 Å². The lowest BCUT2D eigenvalue weighted by Gasteiger charge is -2.33. The molecule has 234 valence electrons. The van der Waals surface area contributed by atoms with Crippen LogP contribution >= 0.6 is 15.9 Å². The number of hydrogen-bond acceptors (Lipinski definition) is 6. The number of halogens is 1. The molecule has 1 amide bonds. The van der Waals surface area contributed by atoms with Gasteiger partial charge in [0.05, 0.1) is 13.2 Å². The van der Waals surface area contributed by atoms with Crippen LogP contribution in [0.1, 0.15) is 45.9 Å². The third-order valence-electron chi connectivity index (χ3n) is 8.44. The summed E-state index contributed by atoms with van der Waals surface area (Å²) in [5.41, 5.74) is 13.3. The number of aliphatic hydroxyl groups is 1. The zero-order chi connectivity index (χ0) is 31.9. The highest BCUT2D eigenvalue weighted by atomic mass is 79.9. The molecule has 0 spiro atoms. The van der Waals surface area contributed by atoms with Crippen molar-refractivity contribution in [3.05, 3.63) is 145 Å². The van der Waals surface area contributed by atoms with Crippen LogP contribution in [0.15, 0.2) is 112 Å². The SMILES string of the molecule is [N-]=[N+]=NCc1ccccc1[C@H]1OC(c2ccc(OCCCO)cc2)=N[C@@]1(Cc1ccc(Br)cc1)C(=O)NC1Cc2ccccc2C1. The molecule has 4 aromatic carbocycles. The molecule has 0 saturated carbocycles. The monoisotopic (exact) mass is 679 g/mol. The maximum absolute atomic E-state index is 14.8. The van der Waals surface area contributed by atoms with Gasteiger partial charge in [-0.05, 0) is 82.6 Å². The van der Waals surface area contributed by atoms with Crippen LogP contribution < -0.4 is 10.1 Å². The second kappa shape index (κ2) is 14.2. The van der Waals surface area contributed by atoms with Crippen molar-refractivity contribution in [1.29, 1.82) is 0 Å². The number of hydrogen-bond donors (Lipinski definition) is 2. The lowest BCUT2D eigenvalue weighted by molar-refractivity contribution is -0.129. The van der Waals surface area contributed by atoms with Gasteiger partial charge in [0.2, 0.25) is 5.90 Å². The first-order valence-corrected chi connectivity index (χ1v) is 16.1. The van der Waals surface area contributed by atoms with Crippen LogP contribution in [0.25, 0.3) is 10.4 Å². The van der Waals surface area contributed by atoms with Crippen LogP contribution in [0.2, 0.25) is 0 Å². The van der Waals surface area contributed by atoms with Gasteiger partial charge in [-0.25, -0.2) is 4.99 Å². The highest BCUT2D eigenvalue weighted by Crippen LogP contribution is 2.44. The largest absolute Gasteiger partial charge is 0.494 e. The third-order valence-corrected chi connectivity index (χ3v) is 8.97. The smallest absolute Gasteiger partial charge is 0.252 e. The standard InChI is InChI=1S/C36H34BrN5O4/c37-29-14-10-24(11-15-29)22-36(35(44)40-30-20-26-6-1-2-7-27(26)21-30)33(32-9-4-3-8-28(32)23-39-42-38)46-34(41-36)25-12-16-31(17-13-25)45-19-5-18-43/h1-4,6-17,30,33,43H,5,18-23H2,(H,40,44)/t33-,36-/m1/s1. The fourth-order valence-corrected chi connectivity index (χ4v) is 6.45. The van der Waals surface area contributed by atoms with Crippen LogP contribution in [0.5, 0.6) is 5.75 Å². The maximum atomic E-state index is 14.8. The first-order valence-electron chi connectivity index (χ1n) is 15.3. The summed E-state index contributed by atoms with van der Waals surface area (Å²) in [5.74, 6) is 0.773. The number of ether oxygens (including phenoxy) is 2. The van der Waals surface area contributed by atoms with E-state index in [-0.39, 0.29) is 31.5 Å². The highest BCUT2D eigenvalue weighted by molar-refractivity contribution is 9.10. The minimum atomic E-state index is -1.37. The van der Waals surface area contributed by atoms with Gasteiger partial charge in [0.25, 0.3) is 5.91 Å². The number of benzene rings is 4. The first-order chi connectivity index (χ1) is 22.5. The average Bonchev–Trinajstić information content (AvgIpc) is 3.67. The molecular formula is C36H34BrN5O4. The van der Waals surface area contributed by atoms with Crippen LogP contribution in [0.3, 0.4) is 0 Å². The summed E-state index contributed by atoms with van der Waals surface area (Å²) in [6.07, 6.45) is 1.49. The van der Waals surface area contributed by atoms with E-state index in [1.165, 1.54) is 11.1 Å². The van der Waals surface area contributed by atoms with Crippen molar-refractivity contribution < 1.29 is 19.4 Å². The fourth-order valence-electron chi connectivity index (χ4n) is 6.19. The molecule has 1 aliphatic heterocycles. The molecule has 10 heteroatoms. The molecule has 1 aliphatic carbocycles. The number of carbonyl (C=O) groups excluding carboxylic acids is 1. The Morgan fingerprint density at radius 1 is 1.02 bits per heavy atom. The van der Waals surface area contributed by atoms with Gasteiger partial charge in [0.1, 0.15) is 5.75 Å². The Morgan fingerprint density at radius 3 is 2.41 bits per heavy atom. The van der Waals surface area contributed by atoms with Crippen molar-refractivity contribution in [3.63, 3.8) is 0 Å². The Kier molecular flexibility index (Phi) is 9.68. The number of carbonyl (C=O) groups is 1. The molecule has 2 atom stereocenters. The Bertz CT molecular complexity index is 1750. The molecule has 2 N–H and O–H groups in total. The lowest BCUT2D eigenvalue weighted by atomic mass is 9.80. The molecule has 2 aliphatic rings. The fraction of sp³-hybridized carbons (Fsp3) is 0.278. The average molecular weight is 681 g/mol. The van der Waals surface area contributed by atoms with Crippen molar-refractivity contribution in [2.45, 2.75) is 49.9 Å². The van der Waals surface area contributed by atoms with Gasteiger partial charge in [0.15, 0.2) is 11.6 Å². The van der Waals surface area contributed by atoms with Gasteiger partial charge in [-0.2, -0.15) is 0 Å². The molecule has 1 heterocycles. The zero-order valence-electron chi connectivity index (χ0n) is 25.2. The summed E-state index contributed by atoms with van der Waals surface area (Å²) in [6.45, 7) is 0.565. The predicted octanol–water partition coefficient (Wildman–Crippen LogP) is 6.80. The van der Waals surface area contributed by atoms with Crippen LogP contribution in [0.4, 0.5) is 0 Å². The van der Waals surface area contributed by atoms with E-state index in [1.54, 1.807) is 0 Å². The summed E-state index contributed by atoms with van der Waals surface area (Å²) in [6, 6.07) is 31.0. The van der Waals surface area contributed by atoms with Crippen LogP contribution in [-0.2, 0) is 35.3 Å². The molecule has 0 unspecified atom stereocenters. The van der Waals surface area contributed by atoms with E-state index in [4.69, 9.17) is 25.1 Å². The molecule has 0 bridgehead atoms. The van der Waals surface area contributed by atoms with Gasteiger partial charge in [-0.15, -0.1) is 0 Å². The van der Waals surface area contributed by atoms with Gasteiger partial charge in [-0.1, -0.05) is 81.7 Å². The third kappa shape index (κ3) is 6.79. The summed E-state index contributed by atoms with van der Waals surface area (Å²) in [5, 5.41) is 16.3. The summed E-state index contributed by atoms with van der Waals surface area (Å²) >= 11 is 3.53. The Balaban J connectivity index is 1.43. The summed E-state index contributed by atoms with van der Waals surface area (Å²) in [7, 11) is 0. The highest BCUT2D eigenvalue weighted by Gasteiger charge is 2.54. The maximum Gasteiger partial charge on any atom is 0.252 e. The van der Waals surface area contributed by atoms with Crippen LogP contribution in [0, 0.1) is 0 Å². The van der Waals surface area contributed by atoms with Crippen molar-refractivity contribution in [3.8, 4) is 5.75 Å². The summed E-state index contributed by atoms with van der Waals surface area (Å²) < 4.78 is 13.4. The Morgan fingerprint density at radius 2 is 1.72 bits per heavy atom. The number of aliphatic imine (C=N–C) groups is 1. The molecule has 0 radical (unpaired) electrons. The molecular weight excluding hydrogens is 646 g/mol. The Labute approximate surface area is 276 Å². The first kappa shape index (κ1) is 31.4. The number of aliphatic hydroxyl groups excluding tert-OH is 1. The Hall–Kier alpha value is -4.63. The van der Waals surface area contributed by atoms with E-state index in [1.807, 2.05) is 84.9 Å². The zero-order valence-corrected chi connectivity index (χ0v) is 26.8. The topological polar surface area (TPSA) is 129 Å². The second-order valence-corrected chi connectivity index (χ2v) is 12.4. The van der Waals surface area contributed by atoms with Gasteiger partial charge >= 0.3 is 0 Å². The molecule has 0 fully saturated rings. The number of amides is 1. The number of rotatable bonds is 12. The number of nitrogens with zero attached hydrogens (tertiary/aromatic N) is 4. The van der Waals surface area contributed by atoms with Gasteiger partial charge < -0.3 is 19.9 Å². The molecule has 0 aromatic heterocycles. The molecule has 9 nitrogen and oxygen atoms in total. The normalized spacial score (nSPS) is 18.7. The van der Waals surface area contributed by atoms with Crippen LogP contribution in [-0.4, -0.2) is 41.7 Å². The quantitative estimate of drug-likeness (QED) is 0.0738. The van der Waals surface area contributed by atoms with Gasteiger partial charge in [0, 0.05) is 40.4 Å². The summed E-state index contributed by atoms with van der Waals surface area (Å²) in [4.78, 5) is 23.0. The minimum Gasteiger partial charge on any atom is -0.494 e. The van der Waals surface area contributed by atoms with Crippen molar-refractivity contribution >= 4 is 27.7 Å². The van der Waals surface area contributed by atoms with E-state index in [0.717, 1.165) is 34.0 Å². The van der Waals surface area contributed by atoms with E-state index in [2.05, 4.69) is 43.4 Å². The molecule has 4 aromatic rings. The van der Waals surface area contributed by atoms with Crippen molar-refractivity contribution in [1.82, 2.24) is 5.32 Å². The van der Waals surface area contributed by atoms with E-state index >= 15 is 0 Å². The number of fused-ring (bicyclic) bond motifs is 1.